The molecule has 4 aromatic rings. The Bertz CT molecular complexity index is 1760. The first-order chi connectivity index (χ1) is 21.8. The van der Waals surface area contributed by atoms with Gasteiger partial charge in [0.2, 0.25) is 5.89 Å². The lowest BCUT2D eigenvalue weighted by Crippen LogP contribution is -2.54. The predicted octanol–water partition coefficient (Wildman–Crippen LogP) is 6.24. The van der Waals surface area contributed by atoms with Gasteiger partial charge in [-0.1, -0.05) is 32.0 Å². The molecule has 12 heteroatoms. The number of oxazole rings is 1. The second-order valence-corrected chi connectivity index (χ2v) is 13.3. The van der Waals surface area contributed by atoms with Gasteiger partial charge in [0.15, 0.2) is 0 Å². The van der Waals surface area contributed by atoms with Crippen LogP contribution in [0.25, 0.3) is 21.0 Å². The van der Waals surface area contributed by atoms with Crippen molar-refractivity contribution in [1.82, 2.24) is 14.1 Å². The topological polar surface area (TPSA) is 124 Å². The number of hydrogen-bond donors (Lipinski definition) is 0. The van der Waals surface area contributed by atoms with Crippen molar-refractivity contribution in [1.29, 1.82) is 0 Å². The van der Waals surface area contributed by atoms with Crippen molar-refractivity contribution < 1.29 is 28.2 Å². The molecule has 11 nitrogen and oxygen atoms in total. The van der Waals surface area contributed by atoms with E-state index in [1.165, 1.54) is 42.2 Å². The maximum Gasteiger partial charge on any atom is 0.333 e. The van der Waals surface area contributed by atoms with Gasteiger partial charge < -0.3 is 23.4 Å². The van der Waals surface area contributed by atoms with Gasteiger partial charge in [0, 0.05) is 18.8 Å². The van der Waals surface area contributed by atoms with Crippen LogP contribution in [0.15, 0.2) is 50.7 Å². The highest BCUT2D eigenvalue weighted by Crippen LogP contribution is 2.38. The number of aromatic nitrogens is 3. The molecule has 250 valence electrons. The van der Waals surface area contributed by atoms with Gasteiger partial charge in [-0.15, -0.1) is 11.3 Å². The summed E-state index contributed by atoms with van der Waals surface area (Å²) in [5.41, 5.74) is -2.36. The zero-order valence-electron chi connectivity index (χ0n) is 28.2. The van der Waals surface area contributed by atoms with Crippen LogP contribution in [0.1, 0.15) is 78.5 Å². The highest BCUT2D eigenvalue weighted by Gasteiger charge is 2.39. The second kappa shape index (κ2) is 14.4. The Hall–Kier alpha value is -3.74. The molecule has 1 atom stereocenters. The standard InChI is InChI=1S/C32H39N3O8S.C2H6/c1-19-24-27(36)35(32(5,6)29(37)43-31(2,3)4)30(38)34(28(24)44-25(19)26-33-14-17-41-26)18-23(42-20-12-15-40-16-13-20)21-10-8-9-11-22(21)39-7;1-2/h8-11,14,17,20,23H,12-13,15-16,18H2,1-7H3;1-2H3/t23-;/m0./s1. The number of aryl methyl sites for hydroxylation is 1. The first-order valence-corrected chi connectivity index (χ1v) is 16.4. The molecular weight excluding hydrogens is 610 g/mol. The van der Waals surface area contributed by atoms with Crippen molar-refractivity contribution in [3.05, 3.63) is 68.7 Å². The van der Waals surface area contributed by atoms with Gasteiger partial charge in [-0.3, -0.25) is 9.36 Å². The van der Waals surface area contributed by atoms with E-state index in [-0.39, 0.29) is 12.6 Å². The van der Waals surface area contributed by atoms with E-state index in [1.54, 1.807) is 34.8 Å². The van der Waals surface area contributed by atoms with Crippen LogP contribution in [0, 0.1) is 6.92 Å². The quantitative estimate of drug-likeness (QED) is 0.193. The molecule has 4 heterocycles. The minimum Gasteiger partial charge on any atom is -0.496 e. The molecule has 3 aromatic heterocycles. The van der Waals surface area contributed by atoms with E-state index >= 15 is 0 Å². The zero-order valence-corrected chi connectivity index (χ0v) is 29.0. The molecule has 0 amide bonds. The molecule has 0 unspecified atom stereocenters. The highest BCUT2D eigenvalue weighted by atomic mass is 32.1. The molecule has 0 radical (unpaired) electrons. The molecule has 0 bridgehead atoms. The fraction of sp³-hybridized carbons (Fsp3) is 0.529. The number of carbonyl (C=O) groups is 1. The highest BCUT2D eigenvalue weighted by molar-refractivity contribution is 7.22. The average Bonchev–Trinajstić information content (AvgIpc) is 3.67. The maximum absolute atomic E-state index is 14.5. The molecule has 1 fully saturated rings. The second-order valence-electron chi connectivity index (χ2n) is 12.3. The lowest BCUT2D eigenvalue weighted by molar-refractivity contribution is -0.164. The van der Waals surface area contributed by atoms with E-state index in [1.807, 2.05) is 38.1 Å². The fourth-order valence-corrected chi connectivity index (χ4v) is 6.63. The van der Waals surface area contributed by atoms with Crippen molar-refractivity contribution in [2.24, 2.45) is 0 Å². The van der Waals surface area contributed by atoms with Crippen LogP contribution in [0.2, 0.25) is 0 Å². The maximum atomic E-state index is 14.5. The molecule has 1 aliphatic rings. The number of benzene rings is 1. The zero-order chi connectivity index (χ0) is 33.8. The molecule has 0 spiro atoms. The van der Waals surface area contributed by atoms with E-state index in [9.17, 15) is 14.4 Å². The number of carbonyl (C=O) groups excluding carboxylic acids is 1. The minimum absolute atomic E-state index is 0.0444. The molecule has 1 aromatic carbocycles. The smallest absolute Gasteiger partial charge is 0.333 e. The summed E-state index contributed by atoms with van der Waals surface area (Å²) >= 11 is 1.24. The summed E-state index contributed by atoms with van der Waals surface area (Å²) in [5.74, 6) is 0.245. The van der Waals surface area contributed by atoms with Gasteiger partial charge in [-0.05, 0) is 66.0 Å². The largest absolute Gasteiger partial charge is 0.496 e. The van der Waals surface area contributed by atoms with Crippen LogP contribution in [0.5, 0.6) is 5.75 Å². The average molecular weight is 656 g/mol. The molecule has 46 heavy (non-hydrogen) atoms. The normalized spacial score (nSPS) is 14.9. The van der Waals surface area contributed by atoms with E-state index in [2.05, 4.69) is 4.98 Å². The van der Waals surface area contributed by atoms with Crippen LogP contribution in [0.4, 0.5) is 0 Å². The van der Waals surface area contributed by atoms with Gasteiger partial charge in [0.1, 0.15) is 34.1 Å². The van der Waals surface area contributed by atoms with Crippen molar-refractivity contribution >= 4 is 27.5 Å². The van der Waals surface area contributed by atoms with Crippen molar-refractivity contribution in [3.8, 4) is 16.5 Å². The van der Waals surface area contributed by atoms with Gasteiger partial charge >= 0.3 is 11.7 Å². The van der Waals surface area contributed by atoms with E-state index in [0.29, 0.717) is 58.4 Å². The first-order valence-electron chi connectivity index (χ1n) is 15.6. The van der Waals surface area contributed by atoms with Crippen LogP contribution in [0.3, 0.4) is 0 Å². The summed E-state index contributed by atoms with van der Waals surface area (Å²) in [4.78, 5) is 47.6. The Kier molecular flexibility index (Phi) is 11.0. The van der Waals surface area contributed by atoms with Crippen LogP contribution < -0.4 is 16.0 Å². The molecule has 1 saturated heterocycles. The van der Waals surface area contributed by atoms with Gasteiger partial charge in [0.05, 0.1) is 36.2 Å². The van der Waals surface area contributed by atoms with E-state index < -0.39 is 34.5 Å². The Balaban J connectivity index is 0.00000235. The van der Waals surface area contributed by atoms with Gasteiger partial charge in [-0.25, -0.2) is 19.1 Å². The number of ether oxygens (including phenoxy) is 4. The van der Waals surface area contributed by atoms with Crippen LogP contribution in [-0.4, -0.2) is 52.1 Å². The molecule has 1 aliphatic heterocycles. The summed E-state index contributed by atoms with van der Waals surface area (Å²) in [7, 11) is 1.59. The first kappa shape index (κ1) is 35.1. The predicted molar refractivity (Wildman–Crippen MR) is 178 cm³/mol. The summed E-state index contributed by atoms with van der Waals surface area (Å²) in [6, 6.07) is 7.51. The lowest BCUT2D eigenvalue weighted by Gasteiger charge is -2.31. The van der Waals surface area contributed by atoms with Crippen LogP contribution >= 0.6 is 11.3 Å². The number of para-hydroxylation sites is 1. The summed E-state index contributed by atoms with van der Waals surface area (Å²) < 4.78 is 31.7. The molecule has 0 aliphatic carbocycles. The van der Waals surface area contributed by atoms with E-state index in [0.717, 1.165) is 10.1 Å². The third kappa shape index (κ3) is 7.13. The number of nitrogens with zero attached hydrogens (tertiary/aromatic N) is 3. The minimum atomic E-state index is -1.63. The van der Waals surface area contributed by atoms with Crippen molar-refractivity contribution in [2.75, 3.05) is 20.3 Å². The summed E-state index contributed by atoms with van der Waals surface area (Å²) in [6.07, 6.45) is 3.65. The third-order valence-electron chi connectivity index (χ3n) is 7.66. The fourth-order valence-electron chi connectivity index (χ4n) is 5.39. The Morgan fingerprint density at radius 2 is 1.78 bits per heavy atom. The Labute approximate surface area is 273 Å². The monoisotopic (exact) mass is 655 g/mol. The number of esters is 1. The molecule has 0 saturated carbocycles. The number of hydrogen-bond acceptors (Lipinski definition) is 10. The Morgan fingerprint density at radius 1 is 1.11 bits per heavy atom. The number of thiophene rings is 1. The van der Waals surface area contributed by atoms with E-state index in [4.69, 9.17) is 23.4 Å². The number of fused-ring (bicyclic) bond motifs is 1. The Morgan fingerprint density at radius 3 is 2.39 bits per heavy atom. The van der Waals surface area contributed by atoms with Crippen LogP contribution in [-0.2, 0) is 31.1 Å². The van der Waals surface area contributed by atoms with Gasteiger partial charge in [-0.2, -0.15) is 0 Å². The summed E-state index contributed by atoms with van der Waals surface area (Å²) in [5, 5.41) is 0.296. The SMILES string of the molecule is CC.COc1ccccc1[C@H](Cn1c(=O)n(C(C)(C)C(=O)OC(C)(C)C)c(=O)c2c(C)c(-c3ncco3)sc21)OC1CCOCC1. The number of rotatable bonds is 9. The molecular formula is C34H45N3O8S. The van der Waals surface area contributed by atoms with Crippen molar-refractivity contribution in [2.45, 2.75) is 98.1 Å². The molecule has 5 rings (SSSR count). The summed E-state index contributed by atoms with van der Waals surface area (Å²) in [6.45, 7) is 15.2. The van der Waals surface area contributed by atoms with Gasteiger partial charge in [0.25, 0.3) is 5.56 Å². The third-order valence-corrected chi connectivity index (χ3v) is 8.96. The van der Waals surface area contributed by atoms with Crippen molar-refractivity contribution in [3.63, 3.8) is 0 Å². The number of methoxy groups -OCH3 is 1. The lowest BCUT2D eigenvalue weighted by atomic mass is 10.0. The molecule has 0 N–H and O–H groups in total.